The van der Waals surface area contributed by atoms with Crippen LogP contribution < -0.4 is 14.8 Å². The Bertz CT molecular complexity index is 1300. The molecule has 0 unspecified atom stereocenters. The second-order valence-electron chi connectivity index (χ2n) is 7.40. The van der Waals surface area contributed by atoms with E-state index in [1.807, 2.05) is 12.1 Å². The van der Waals surface area contributed by atoms with E-state index in [9.17, 15) is 9.18 Å². The lowest BCUT2D eigenvalue weighted by Crippen LogP contribution is -2.14. The number of rotatable bonds is 6. The van der Waals surface area contributed by atoms with Crippen LogP contribution in [0.2, 0.25) is 0 Å². The summed E-state index contributed by atoms with van der Waals surface area (Å²) in [4.78, 5) is 16.7. The highest BCUT2D eigenvalue weighted by Crippen LogP contribution is 2.33. The largest absolute Gasteiger partial charge is 0.490 e. The number of nitrogens with zero attached hydrogens (tertiary/aromatic N) is 4. The van der Waals surface area contributed by atoms with E-state index in [2.05, 4.69) is 20.5 Å². The first kappa shape index (κ1) is 21.9. The number of benzene rings is 2. The highest BCUT2D eigenvalue weighted by Gasteiger charge is 2.18. The Morgan fingerprint density at radius 1 is 1.00 bits per heavy atom. The van der Waals surface area contributed by atoms with Crippen LogP contribution in [0.25, 0.3) is 17.1 Å². The molecule has 34 heavy (non-hydrogen) atoms. The lowest BCUT2D eigenvalue weighted by atomic mass is 10.2. The number of hydrogen-bond acceptors (Lipinski definition) is 7. The summed E-state index contributed by atoms with van der Waals surface area (Å²) in [6, 6.07) is 15.0. The minimum atomic E-state index is -0.342. The van der Waals surface area contributed by atoms with E-state index in [0.29, 0.717) is 47.1 Å². The van der Waals surface area contributed by atoms with Crippen molar-refractivity contribution < 1.29 is 18.7 Å². The van der Waals surface area contributed by atoms with Crippen molar-refractivity contribution in [3.63, 3.8) is 0 Å². The fourth-order valence-electron chi connectivity index (χ4n) is 3.44. The van der Waals surface area contributed by atoms with E-state index in [1.54, 1.807) is 47.3 Å². The zero-order valence-electron chi connectivity index (χ0n) is 18.0. The standard InChI is InChI=1S/C24H20FN5O3S/c25-17-2-5-19(6-3-17)30-23(16-8-10-26-11-9-16)28-29-24(30)34-15-22(31)27-18-4-7-20-21(14-18)33-13-1-12-32-20/h2-11,14H,1,12-13,15H2,(H,27,31). The minimum absolute atomic E-state index is 0.101. The zero-order chi connectivity index (χ0) is 23.3. The zero-order valence-corrected chi connectivity index (χ0v) is 18.8. The summed E-state index contributed by atoms with van der Waals surface area (Å²) in [5.74, 6) is 1.40. The molecule has 1 amide bonds. The lowest BCUT2D eigenvalue weighted by Gasteiger charge is -2.11. The SMILES string of the molecule is O=C(CSc1nnc(-c2ccncc2)n1-c1ccc(F)cc1)Nc1ccc2c(c1)OCCCO2. The maximum atomic E-state index is 13.5. The Balaban J connectivity index is 1.34. The van der Waals surface area contributed by atoms with E-state index in [0.717, 1.165) is 12.0 Å². The molecule has 0 fully saturated rings. The number of halogens is 1. The molecule has 1 aliphatic rings. The molecule has 2 aromatic carbocycles. The summed E-state index contributed by atoms with van der Waals surface area (Å²) in [7, 11) is 0. The molecular weight excluding hydrogens is 457 g/mol. The first-order valence-corrected chi connectivity index (χ1v) is 11.6. The molecule has 172 valence electrons. The molecule has 0 radical (unpaired) electrons. The molecule has 8 nitrogen and oxygen atoms in total. The molecule has 0 bridgehead atoms. The van der Waals surface area contributed by atoms with Crippen LogP contribution in [0.3, 0.4) is 0 Å². The number of pyridine rings is 1. The van der Waals surface area contributed by atoms with Gasteiger partial charge in [0.2, 0.25) is 5.91 Å². The smallest absolute Gasteiger partial charge is 0.234 e. The molecule has 0 saturated carbocycles. The molecular formula is C24H20FN5O3S. The molecule has 1 N–H and O–H groups in total. The molecule has 3 heterocycles. The van der Waals surface area contributed by atoms with Gasteiger partial charge in [0, 0.05) is 41.8 Å². The summed E-state index contributed by atoms with van der Waals surface area (Å²) in [5, 5.41) is 12.0. The molecule has 4 aromatic rings. The molecule has 10 heteroatoms. The van der Waals surface area contributed by atoms with Crippen LogP contribution in [-0.2, 0) is 4.79 Å². The third kappa shape index (κ3) is 4.86. The Morgan fingerprint density at radius 3 is 2.56 bits per heavy atom. The number of anilines is 1. The summed E-state index contributed by atoms with van der Waals surface area (Å²) in [6.45, 7) is 1.17. The van der Waals surface area contributed by atoms with Crippen molar-refractivity contribution >= 4 is 23.4 Å². The van der Waals surface area contributed by atoms with Crippen LogP contribution in [0.15, 0.2) is 72.1 Å². The van der Waals surface area contributed by atoms with Crippen LogP contribution in [0.1, 0.15) is 6.42 Å². The van der Waals surface area contributed by atoms with E-state index in [4.69, 9.17) is 9.47 Å². The van der Waals surface area contributed by atoms with E-state index in [-0.39, 0.29) is 17.5 Å². The number of hydrogen-bond donors (Lipinski definition) is 1. The second-order valence-corrected chi connectivity index (χ2v) is 8.35. The fourth-order valence-corrected chi connectivity index (χ4v) is 4.19. The van der Waals surface area contributed by atoms with Gasteiger partial charge in [-0.15, -0.1) is 10.2 Å². The number of nitrogens with one attached hydrogen (secondary N) is 1. The highest BCUT2D eigenvalue weighted by molar-refractivity contribution is 7.99. The summed E-state index contributed by atoms with van der Waals surface area (Å²) >= 11 is 1.23. The normalized spacial score (nSPS) is 12.7. The van der Waals surface area contributed by atoms with Gasteiger partial charge < -0.3 is 14.8 Å². The molecule has 0 aliphatic carbocycles. The molecule has 2 aromatic heterocycles. The predicted octanol–water partition coefficient (Wildman–Crippen LogP) is 4.36. The Hall–Kier alpha value is -3.92. The summed E-state index contributed by atoms with van der Waals surface area (Å²) in [6.07, 6.45) is 4.13. The minimum Gasteiger partial charge on any atom is -0.490 e. The highest BCUT2D eigenvalue weighted by atomic mass is 32.2. The van der Waals surface area contributed by atoms with E-state index in [1.165, 1.54) is 23.9 Å². The molecule has 0 saturated heterocycles. The molecule has 0 spiro atoms. The first-order chi connectivity index (χ1) is 16.7. The lowest BCUT2D eigenvalue weighted by molar-refractivity contribution is -0.113. The van der Waals surface area contributed by atoms with Crippen molar-refractivity contribution in [1.82, 2.24) is 19.7 Å². The monoisotopic (exact) mass is 477 g/mol. The quantitative estimate of drug-likeness (QED) is 0.413. The van der Waals surface area contributed by atoms with Gasteiger partial charge in [0.15, 0.2) is 22.5 Å². The summed E-state index contributed by atoms with van der Waals surface area (Å²) in [5.41, 5.74) is 2.10. The van der Waals surface area contributed by atoms with Crippen molar-refractivity contribution in [2.24, 2.45) is 0 Å². The Morgan fingerprint density at radius 2 is 1.76 bits per heavy atom. The van der Waals surface area contributed by atoms with Gasteiger partial charge in [-0.25, -0.2) is 4.39 Å². The van der Waals surface area contributed by atoms with Crippen molar-refractivity contribution in [2.45, 2.75) is 11.6 Å². The molecule has 1 aliphatic heterocycles. The maximum absolute atomic E-state index is 13.5. The maximum Gasteiger partial charge on any atom is 0.234 e. The molecule has 5 rings (SSSR count). The first-order valence-electron chi connectivity index (χ1n) is 10.6. The average molecular weight is 478 g/mol. The number of ether oxygens (including phenoxy) is 2. The van der Waals surface area contributed by atoms with Crippen molar-refractivity contribution in [3.05, 3.63) is 72.8 Å². The van der Waals surface area contributed by atoms with Crippen molar-refractivity contribution in [2.75, 3.05) is 24.3 Å². The average Bonchev–Trinajstić information content (AvgIpc) is 3.14. The van der Waals surface area contributed by atoms with Gasteiger partial charge in [-0.1, -0.05) is 11.8 Å². The predicted molar refractivity (Wildman–Crippen MR) is 126 cm³/mol. The molecule has 0 atom stereocenters. The number of amides is 1. The van der Waals surface area contributed by atoms with Crippen molar-refractivity contribution in [1.29, 1.82) is 0 Å². The number of carbonyl (C=O) groups excluding carboxylic acids is 1. The third-order valence-electron chi connectivity index (χ3n) is 5.02. The number of fused-ring (bicyclic) bond motifs is 1. The van der Waals surface area contributed by atoms with E-state index < -0.39 is 0 Å². The van der Waals surface area contributed by atoms with Crippen LogP contribution >= 0.6 is 11.8 Å². The van der Waals surface area contributed by atoms with Gasteiger partial charge in [-0.3, -0.25) is 14.3 Å². The Kier molecular flexibility index (Phi) is 6.39. The van der Waals surface area contributed by atoms with Crippen molar-refractivity contribution in [3.8, 4) is 28.6 Å². The van der Waals surface area contributed by atoms with Gasteiger partial charge in [0.05, 0.1) is 19.0 Å². The van der Waals surface area contributed by atoms with Gasteiger partial charge in [-0.05, 0) is 48.5 Å². The number of carbonyl (C=O) groups is 1. The topological polar surface area (TPSA) is 91.2 Å². The van der Waals surface area contributed by atoms with Gasteiger partial charge in [0.25, 0.3) is 0 Å². The van der Waals surface area contributed by atoms with Crippen LogP contribution in [0.5, 0.6) is 11.5 Å². The van der Waals surface area contributed by atoms with Gasteiger partial charge in [0.1, 0.15) is 5.82 Å². The second kappa shape index (κ2) is 9.92. The van der Waals surface area contributed by atoms with Gasteiger partial charge in [-0.2, -0.15) is 0 Å². The van der Waals surface area contributed by atoms with Crippen LogP contribution in [0, 0.1) is 5.82 Å². The van der Waals surface area contributed by atoms with Crippen LogP contribution in [0.4, 0.5) is 10.1 Å². The fraction of sp³-hybridized carbons (Fsp3) is 0.167. The van der Waals surface area contributed by atoms with Crippen LogP contribution in [-0.4, -0.2) is 44.6 Å². The van der Waals surface area contributed by atoms with Gasteiger partial charge >= 0.3 is 0 Å². The van der Waals surface area contributed by atoms with E-state index >= 15 is 0 Å². The number of thioether (sulfide) groups is 1. The summed E-state index contributed by atoms with van der Waals surface area (Å²) < 4.78 is 26.6. The third-order valence-corrected chi connectivity index (χ3v) is 5.95. The number of aromatic nitrogens is 4. The Labute approximate surface area is 199 Å².